The van der Waals surface area contributed by atoms with Crippen molar-refractivity contribution in [2.75, 3.05) is 0 Å². The summed E-state index contributed by atoms with van der Waals surface area (Å²) in [6, 6.07) is 7.77. The Hall–Kier alpha value is -1.71. The molecule has 4 nitrogen and oxygen atoms in total. The van der Waals surface area contributed by atoms with Crippen LogP contribution in [-0.4, -0.2) is 16.8 Å². The van der Waals surface area contributed by atoms with Crippen LogP contribution in [0.1, 0.15) is 24.5 Å². The Kier molecular flexibility index (Phi) is 2.49. The lowest BCUT2D eigenvalue weighted by Gasteiger charge is -2.17. The molecule has 0 aliphatic carbocycles. The molecule has 78 valence electrons. The van der Waals surface area contributed by atoms with Gasteiger partial charge < -0.3 is 0 Å². The second-order valence-electron chi connectivity index (χ2n) is 3.56. The molecule has 0 spiro atoms. The first-order valence-electron chi connectivity index (χ1n) is 5.00. The highest BCUT2D eigenvalue weighted by Gasteiger charge is 2.26. The van der Waals surface area contributed by atoms with Gasteiger partial charge in [0, 0.05) is 10.6 Å². The van der Waals surface area contributed by atoms with Gasteiger partial charge in [0.2, 0.25) is 0 Å². The molecule has 0 aromatic heterocycles. The van der Waals surface area contributed by atoms with Crippen molar-refractivity contribution in [3.05, 3.63) is 45.5 Å². The summed E-state index contributed by atoms with van der Waals surface area (Å²) in [7, 11) is 0. The lowest BCUT2D eigenvalue weighted by molar-refractivity contribution is -0.520. The van der Waals surface area contributed by atoms with E-state index < -0.39 is 6.17 Å². The van der Waals surface area contributed by atoms with Crippen LogP contribution in [0, 0.1) is 10.1 Å². The summed E-state index contributed by atoms with van der Waals surface area (Å²) in [6.07, 6.45) is 0.350. The zero-order valence-electron chi connectivity index (χ0n) is 8.51. The van der Waals surface area contributed by atoms with Crippen molar-refractivity contribution in [3.63, 3.8) is 0 Å². The predicted molar refractivity (Wildman–Crippen MR) is 57.8 cm³/mol. The topological polar surface area (TPSA) is 55.5 Å². The van der Waals surface area contributed by atoms with Crippen LogP contribution < -0.4 is 0 Å². The molecule has 1 aromatic carbocycles. The SMILES string of the molecule is CCC1=NC([N+](=O)[O-])Cc2ccccc21. The van der Waals surface area contributed by atoms with Crippen molar-refractivity contribution < 1.29 is 4.92 Å². The van der Waals surface area contributed by atoms with Crippen LogP contribution >= 0.6 is 0 Å². The summed E-state index contributed by atoms with van der Waals surface area (Å²) in [5, 5.41) is 10.7. The molecule has 0 N–H and O–H groups in total. The number of benzene rings is 1. The number of nitrogens with zero attached hydrogens (tertiary/aromatic N) is 2. The van der Waals surface area contributed by atoms with Gasteiger partial charge in [-0.05, 0) is 17.5 Å². The van der Waals surface area contributed by atoms with Crippen molar-refractivity contribution in [2.24, 2.45) is 4.99 Å². The molecule has 0 bridgehead atoms. The first-order valence-corrected chi connectivity index (χ1v) is 5.00. The van der Waals surface area contributed by atoms with Crippen molar-refractivity contribution in [1.29, 1.82) is 0 Å². The van der Waals surface area contributed by atoms with E-state index in [1.165, 1.54) is 0 Å². The average molecular weight is 204 g/mol. The van der Waals surface area contributed by atoms with E-state index in [1.54, 1.807) is 0 Å². The smallest absolute Gasteiger partial charge is 0.262 e. The predicted octanol–water partition coefficient (Wildman–Crippen LogP) is 2.04. The van der Waals surface area contributed by atoms with Crippen LogP contribution in [0.2, 0.25) is 0 Å². The number of hydrogen-bond donors (Lipinski definition) is 0. The molecule has 0 amide bonds. The fourth-order valence-electron chi connectivity index (χ4n) is 1.88. The van der Waals surface area contributed by atoms with Gasteiger partial charge in [0.1, 0.15) is 0 Å². The third-order valence-electron chi connectivity index (χ3n) is 2.61. The van der Waals surface area contributed by atoms with E-state index in [1.807, 2.05) is 31.2 Å². The normalized spacial score (nSPS) is 19.3. The van der Waals surface area contributed by atoms with E-state index in [9.17, 15) is 10.1 Å². The van der Waals surface area contributed by atoms with Gasteiger partial charge in [-0.2, -0.15) is 0 Å². The van der Waals surface area contributed by atoms with Crippen LogP contribution in [0.3, 0.4) is 0 Å². The highest BCUT2D eigenvalue weighted by Crippen LogP contribution is 2.21. The highest BCUT2D eigenvalue weighted by molar-refractivity contribution is 6.02. The van der Waals surface area contributed by atoms with Crippen LogP contribution in [0.4, 0.5) is 0 Å². The summed E-state index contributed by atoms with van der Waals surface area (Å²) < 4.78 is 0. The molecule has 0 radical (unpaired) electrons. The lowest BCUT2D eigenvalue weighted by atomic mass is 9.95. The molecule has 0 saturated heterocycles. The van der Waals surface area contributed by atoms with Crippen LogP contribution in [0.5, 0.6) is 0 Å². The molecule has 1 heterocycles. The molecule has 0 saturated carbocycles. The maximum absolute atomic E-state index is 10.7. The van der Waals surface area contributed by atoms with Gasteiger partial charge in [-0.3, -0.25) is 10.1 Å². The molecule has 1 unspecified atom stereocenters. The second kappa shape index (κ2) is 3.81. The number of fused-ring (bicyclic) bond motifs is 1. The number of aliphatic imine (C=N–C) groups is 1. The monoisotopic (exact) mass is 204 g/mol. The van der Waals surface area contributed by atoms with Gasteiger partial charge in [-0.15, -0.1) is 0 Å². The average Bonchev–Trinajstić information content (AvgIpc) is 2.27. The zero-order chi connectivity index (χ0) is 10.8. The minimum atomic E-state index is -0.796. The standard InChI is InChI=1S/C11H12N2O2/c1-2-10-9-6-4-3-5-8(9)7-11(12-10)13(14)15/h3-6,11H,2,7H2,1H3. The minimum Gasteiger partial charge on any atom is -0.262 e. The molecule has 2 rings (SSSR count). The van der Waals surface area contributed by atoms with Gasteiger partial charge in [-0.25, -0.2) is 4.99 Å². The van der Waals surface area contributed by atoms with Crippen LogP contribution in [0.25, 0.3) is 0 Å². The third kappa shape index (κ3) is 1.75. The maximum Gasteiger partial charge on any atom is 0.308 e. The third-order valence-corrected chi connectivity index (χ3v) is 2.61. The molecule has 0 fully saturated rings. The number of rotatable bonds is 2. The van der Waals surface area contributed by atoms with E-state index in [0.717, 1.165) is 23.3 Å². The van der Waals surface area contributed by atoms with Crippen molar-refractivity contribution in [3.8, 4) is 0 Å². The summed E-state index contributed by atoms with van der Waals surface area (Å²) >= 11 is 0. The minimum absolute atomic E-state index is 0.314. The molecule has 1 aliphatic heterocycles. The van der Waals surface area contributed by atoms with E-state index in [-0.39, 0.29) is 4.92 Å². The van der Waals surface area contributed by atoms with E-state index in [2.05, 4.69) is 4.99 Å². The van der Waals surface area contributed by atoms with Crippen molar-refractivity contribution in [1.82, 2.24) is 0 Å². The Morgan fingerprint density at radius 2 is 2.27 bits per heavy atom. The summed E-state index contributed by atoms with van der Waals surface area (Å²) in [4.78, 5) is 14.6. The number of hydrogen-bond acceptors (Lipinski definition) is 3. The van der Waals surface area contributed by atoms with E-state index >= 15 is 0 Å². The summed E-state index contributed by atoms with van der Waals surface area (Å²) in [6.45, 7) is 1.97. The quantitative estimate of drug-likeness (QED) is 0.546. The maximum atomic E-state index is 10.7. The fourth-order valence-corrected chi connectivity index (χ4v) is 1.88. The van der Waals surface area contributed by atoms with Gasteiger partial charge in [-0.1, -0.05) is 31.2 Å². The molecular weight excluding hydrogens is 192 g/mol. The first kappa shape index (κ1) is 9.83. The largest absolute Gasteiger partial charge is 0.308 e. The molecular formula is C11H12N2O2. The Bertz CT molecular complexity index is 426. The fraction of sp³-hybridized carbons (Fsp3) is 0.364. The second-order valence-corrected chi connectivity index (χ2v) is 3.56. The molecule has 1 aromatic rings. The summed E-state index contributed by atoms with van der Waals surface area (Å²) in [5.74, 6) is 0. The van der Waals surface area contributed by atoms with Gasteiger partial charge in [0.05, 0.1) is 6.42 Å². The van der Waals surface area contributed by atoms with Gasteiger partial charge in [0.25, 0.3) is 0 Å². The Morgan fingerprint density at radius 1 is 1.53 bits per heavy atom. The van der Waals surface area contributed by atoms with Crippen LogP contribution in [-0.2, 0) is 6.42 Å². The number of nitro groups is 1. The summed E-state index contributed by atoms with van der Waals surface area (Å²) in [5.41, 5.74) is 2.95. The Balaban J connectivity index is 2.45. The zero-order valence-corrected chi connectivity index (χ0v) is 8.51. The molecule has 4 heteroatoms. The molecule has 15 heavy (non-hydrogen) atoms. The Labute approximate surface area is 87.8 Å². The first-order chi connectivity index (χ1) is 7.22. The van der Waals surface area contributed by atoms with Crippen molar-refractivity contribution >= 4 is 5.71 Å². The van der Waals surface area contributed by atoms with Crippen molar-refractivity contribution in [2.45, 2.75) is 25.9 Å². The van der Waals surface area contributed by atoms with E-state index in [0.29, 0.717) is 6.42 Å². The van der Waals surface area contributed by atoms with Gasteiger partial charge in [0.15, 0.2) is 0 Å². The van der Waals surface area contributed by atoms with Gasteiger partial charge >= 0.3 is 6.17 Å². The molecule has 1 aliphatic rings. The molecule has 1 atom stereocenters. The lowest BCUT2D eigenvalue weighted by Crippen LogP contribution is -2.27. The van der Waals surface area contributed by atoms with E-state index in [4.69, 9.17) is 0 Å². The van der Waals surface area contributed by atoms with Crippen LogP contribution in [0.15, 0.2) is 29.3 Å². The highest BCUT2D eigenvalue weighted by atomic mass is 16.6. The Morgan fingerprint density at radius 3 is 2.93 bits per heavy atom.